The van der Waals surface area contributed by atoms with Crippen molar-refractivity contribution in [3.05, 3.63) is 59.8 Å². The van der Waals surface area contributed by atoms with Crippen LogP contribution in [0.3, 0.4) is 0 Å². The maximum atomic E-state index is 14.4. The van der Waals surface area contributed by atoms with Crippen molar-refractivity contribution in [1.82, 2.24) is 4.90 Å². The second kappa shape index (κ2) is 10.1. The predicted octanol–water partition coefficient (Wildman–Crippen LogP) is 3.78. The van der Waals surface area contributed by atoms with Crippen LogP contribution < -0.4 is 4.74 Å². The van der Waals surface area contributed by atoms with E-state index in [4.69, 9.17) is 9.47 Å². The van der Waals surface area contributed by atoms with E-state index in [1.54, 1.807) is 0 Å². The van der Waals surface area contributed by atoms with Crippen LogP contribution in [0.4, 0.5) is 17.6 Å². The number of ether oxygens (including phenoxy) is 2. The maximum Gasteiger partial charge on any atom is 0.256 e. The second-order valence-electron chi connectivity index (χ2n) is 4.92. The van der Waals surface area contributed by atoms with E-state index < -0.39 is 30.2 Å². The Hall–Kier alpha value is -1.18. The molecule has 0 aliphatic carbocycles. The van der Waals surface area contributed by atoms with Gasteiger partial charge in [0.2, 0.25) is 0 Å². The van der Waals surface area contributed by atoms with E-state index in [9.17, 15) is 17.6 Å². The second-order valence-corrected chi connectivity index (χ2v) is 4.92. The molecule has 1 aromatic carbocycles. The molecule has 1 aliphatic heterocycles. The molecule has 0 unspecified atom stereocenters. The molecular formula is C17H16F4NO2Y-. The van der Waals surface area contributed by atoms with Gasteiger partial charge in [0.1, 0.15) is 12.4 Å². The van der Waals surface area contributed by atoms with Crippen LogP contribution in [-0.2, 0) is 37.4 Å². The molecule has 1 heterocycles. The first kappa shape index (κ1) is 21.9. The third kappa shape index (κ3) is 5.66. The largest absolute Gasteiger partial charge is 0.491 e. The van der Waals surface area contributed by atoms with Crippen molar-refractivity contribution in [2.24, 2.45) is 0 Å². The monoisotopic (exact) mass is 431 g/mol. The first-order valence-electron chi connectivity index (χ1n) is 7.09. The van der Waals surface area contributed by atoms with Crippen molar-refractivity contribution < 1.29 is 59.7 Å². The smallest absolute Gasteiger partial charge is 0.256 e. The normalized spacial score (nSPS) is 13.8. The van der Waals surface area contributed by atoms with Gasteiger partial charge in [0.15, 0.2) is 0 Å². The Morgan fingerprint density at radius 2 is 1.84 bits per heavy atom. The van der Waals surface area contributed by atoms with Gasteiger partial charge in [-0.1, -0.05) is 12.3 Å². The average Bonchev–Trinajstić information content (AvgIpc) is 2.50. The van der Waals surface area contributed by atoms with E-state index in [1.807, 2.05) is 0 Å². The minimum Gasteiger partial charge on any atom is -0.491 e. The summed E-state index contributed by atoms with van der Waals surface area (Å²) in [5, 5.41) is 0. The van der Waals surface area contributed by atoms with Gasteiger partial charge < -0.3 is 14.4 Å². The average molecular weight is 431 g/mol. The molecule has 1 aromatic rings. The number of hydrogen-bond acceptors (Lipinski definition) is 3. The molecule has 0 aromatic heterocycles. The Bertz CT molecular complexity index is 654. The van der Waals surface area contributed by atoms with Gasteiger partial charge in [-0.15, -0.1) is 6.08 Å². The topological polar surface area (TPSA) is 21.7 Å². The number of nitrogens with zero attached hydrogens (tertiary/aromatic N) is 1. The quantitative estimate of drug-likeness (QED) is 0.373. The summed E-state index contributed by atoms with van der Waals surface area (Å²) in [5.74, 6) is -1.89. The Kier molecular flexibility index (Phi) is 8.82. The summed E-state index contributed by atoms with van der Waals surface area (Å²) in [7, 11) is 1.47. The molecule has 0 atom stereocenters. The van der Waals surface area contributed by atoms with Gasteiger partial charge in [0, 0.05) is 52.0 Å². The van der Waals surface area contributed by atoms with Crippen LogP contribution in [0, 0.1) is 17.7 Å². The Morgan fingerprint density at radius 3 is 2.40 bits per heavy atom. The number of halogens is 4. The number of hydrogen-bond donors (Lipinski definition) is 0. The minimum absolute atomic E-state index is 0. The zero-order valence-electron chi connectivity index (χ0n) is 13.6. The third-order valence-corrected chi connectivity index (χ3v) is 3.24. The predicted molar refractivity (Wildman–Crippen MR) is 81.4 cm³/mol. The third-order valence-electron chi connectivity index (χ3n) is 3.24. The first-order valence-corrected chi connectivity index (χ1v) is 7.09. The van der Waals surface area contributed by atoms with Gasteiger partial charge in [-0.3, -0.25) is 0 Å². The number of alkyl halides is 2. The molecule has 25 heavy (non-hydrogen) atoms. The molecule has 133 valence electrons. The molecule has 0 N–H and O–H groups in total. The van der Waals surface area contributed by atoms with Gasteiger partial charge in [-0.05, 0) is 11.3 Å². The van der Waals surface area contributed by atoms with Crippen molar-refractivity contribution in [1.29, 1.82) is 0 Å². The number of methoxy groups -OCH3 is 1. The van der Waals surface area contributed by atoms with Crippen LogP contribution in [0.5, 0.6) is 5.75 Å². The molecule has 2 rings (SSSR count). The summed E-state index contributed by atoms with van der Waals surface area (Å²) in [6.07, 6.45) is 2.71. The summed E-state index contributed by atoms with van der Waals surface area (Å²) in [6.45, 7) is 3.26. The van der Waals surface area contributed by atoms with E-state index >= 15 is 0 Å². The fourth-order valence-electron chi connectivity index (χ4n) is 2.18. The summed E-state index contributed by atoms with van der Waals surface area (Å²) >= 11 is 0. The van der Waals surface area contributed by atoms with Crippen LogP contribution in [0.15, 0.2) is 36.6 Å². The summed E-state index contributed by atoms with van der Waals surface area (Å²) in [5.41, 5.74) is -0.398. The number of rotatable bonds is 7. The van der Waals surface area contributed by atoms with Crippen molar-refractivity contribution in [3.8, 4) is 5.75 Å². The zero-order chi connectivity index (χ0) is 17.7. The molecule has 0 spiro atoms. The van der Waals surface area contributed by atoms with E-state index in [0.29, 0.717) is 0 Å². The standard InChI is InChI=1S/C17H16F4NO2.Y/c1-11-4-3-5-15(22(11)10-16(20)21)17-13(18)8-12(9-14(17)19)24-7-6-23-2;/h3-4,8-9,16H,1,6-7,10H2,2H3;/q-1;. The Balaban J connectivity index is 0.00000312. The molecule has 0 amide bonds. The first-order chi connectivity index (χ1) is 11.4. The number of benzene rings is 1. The summed E-state index contributed by atoms with van der Waals surface area (Å²) < 4.78 is 64.2. The Morgan fingerprint density at radius 1 is 1.20 bits per heavy atom. The Labute approximate surface area is 168 Å². The molecule has 0 bridgehead atoms. The fourth-order valence-corrected chi connectivity index (χ4v) is 2.18. The molecule has 1 aliphatic rings. The van der Waals surface area contributed by atoms with Crippen molar-refractivity contribution in [2.75, 3.05) is 26.9 Å². The molecule has 0 fully saturated rings. The molecular weight excluding hydrogens is 415 g/mol. The maximum absolute atomic E-state index is 14.4. The van der Waals surface area contributed by atoms with Crippen LogP contribution in [0.2, 0.25) is 0 Å². The minimum atomic E-state index is -2.70. The van der Waals surface area contributed by atoms with Gasteiger partial charge in [-0.25, -0.2) is 17.6 Å². The van der Waals surface area contributed by atoms with Crippen molar-refractivity contribution in [3.63, 3.8) is 0 Å². The van der Waals surface area contributed by atoms with Crippen LogP contribution >= 0.6 is 0 Å². The summed E-state index contributed by atoms with van der Waals surface area (Å²) in [4.78, 5) is 1.03. The fraction of sp³-hybridized carbons (Fsp3) is 0.294. The van der Waals surface area contributed by atoms with E-state index in [1.165, 1.54) is 19.3 Å². The molecule has 8 heteroatoms. The van der Waals surface area contributed by atoms with E-state index in [2.05, 4.69) is 12.7 Å². The number of allylic oxidation sites excluding steroid dienone is 3. The molecule has 1 radical (unpaired) electrons. The van der Waals surface area contributed by atoms with E-state index in [-0.39, 0.29) is 63.1 Å². The SMILES string of the molecule is C=C1C=C[C-]=C(c2c(F)cc(OCCOC)cc2F)N1CC(F)F.[Y]. The van der Waals surface area contributed by atoms with Gasteiger partial charge in [0.25, 0.3) is 6.43 Å². The zero-order valence-corrected chi connectivity index (χ0v) is 16.4. The molecule has 3 nitrogen and oxygen atoms in total. The van der Waals surface area contributed by atoms with E-state index in [0.717, 1.165) is 17.0 Å². The van der Waals surface area contributed by atoms with Crippen LogP contribution in [-0.4, -0.2) is 38.2 Å². The van der Waals surface area contributed by atoms with Gasteiger partial charge >= 0.3 is 0 Å². The van der Waals surface area contributed by atoms with Crippen LogP contribution in [0.1, 0.15) is 5.56 Å². The summed E-state index contributed by atoms with van der Waals surface area (Å²) in [6, 6.07) is 1.98. The van der Waals surface area contributed by atoms with Crippen molar-refractivity contribution in [2.45, 2.75) is 6.43 Å². The van der Waals surface area contributed by atoms with Gasteiger partial charge in [-0.2, -0.15) is 12.2 Å². The molecule has 0 saturated carbocycles. The van der Waals surface area contributed by atoms with Crippen molar-refractivity contribution >= 4 is 5.70 Å². The van der Waals surface area contributed by atoms with Crippen LogP contribution in [0.25, 0.3) is 5.70 Å². The molecule has 0 saturated heterocycles. The van der Waals surface area contributed by atoms with Gasteiger partial charge in [0.05, 0.1) is 24.8 Å².